The number of likely N-dealkylation sites (tertiary alicyclic amines) is 2. The molecule has 814 valence electrons. The minimum atomic E-state index is -4.85. The van der Waals surface area contributed by atoms with Crippen LogP contribution in [0.2, 0.25) is 0 Å². The second kappa shape index (κ2) is 66.0. The lowest BCUT2D eigenvalue weighted by Crippen LogP contribution is -2.50. The number of hydrogen-bond acceptors (Lipinski definition) is 23. The van der Waals surface area contributed by atoms with Gasteiger partial charge in [0, 0.05) is 177 Å². The fourth-order valence-corrected chi connectivity index (χ4v) is 15.5. The zero-order chi connectivity index (χ0) is 107. The van der Waals surface area contributed by atoms with Crippen LogP contribution in [0.4, 0.5) is 35.9 Å². The molecule has 3 fully saturated rings. The number of amides is 7. The van der Waals surface area contributed by atoms with Gasteiger partial charge >= 0.3 is 36.4 Å². The number of carbonyl (C=O) groups excluding carboxylic acids is 8. The fraction of sp³-hybridized carbons (Fsp3) is 0.545. The van der Waals surface area contributed by atoms with Gasteiger partial charge in [-0.15, -0.1) is 0 Å². The second-order valence-electron chi connectivity index (χ2n) is 36.9. The zero-order valence-corrected chi connectivity index (χ0v) is 87.7. The Morgan fingerprint density at radius 3 is 1.15 bits per heavy atom. The van der Waals surface area contributed by atoms with Gasteiger partial charge in [0.2, 0.25) is 5.91 Å². The van der Waals surface area contributed by atoms with Crippen LogP contribution in [0.1, 0.15) is 220 Å². The van der Waals surface area contributed by atoms with Gasteiger partial charge in [-0.2, -0.15) is 26.3 Å². The van der Waals surface area contributed by atoms with Crippen LogP contribution in [0.5, 0.6) is 17.2 Å². The molecule has 0 aliphatic carbocycles. The minimum Gasteiger partial charge on any atom is -0.482 e. The summed E-state index contributed by atoms with van der Waals surface area (Å²) in [5.41, 5.74) is 20.2. The highest BCUT2D eigenvalue weighted by molar-refractivity contribution is 5.97. The maximum absolute atomic E-state index is 13.1. The number of para-hydroxylation sites is 3. The average Bonchev–Trinajstić information content (AvgIpc) is 0.765. The Labute approximate surface area is 863 Å². The molecule has 0 radical (unpaired) electrons. The number of piperidine rings is 3. The van der Waals surface area contributed by atoms with E-state index in [0.717, 1.165) is 166 Å². The summed E-state index contributed by atoms with van der Waals surface area (Å²) in [6.07, 6.45) is 3.90. The summed E-state index contributed by atoms with van der Waals surface area (Å²) in [5.74, 6) is -1.67. The Balaban J connectivity index is 0.000000473. The number of nitrogens with zero attached hydrogens (tertiary/aromatic N) is 6. The minimum absolute atomic E-state index is 0. The number of hydrogen-bond donors (Lipinski definition) is 9. The van der Waals surface area contributed by atoms with Crippen molar-refractivity contribution < 1.29 is 97.9 Å². The van der Waals surface area contributed by atoms with Crippen LogP contribution < -0.4 is 62.9 Å². The molecule has 0 aromatic heterocycles. The van der Waals surface area contributed by atoms with Crippen LogP contribution in [-0.2, 0) is 33.3 Å². The summed E-state index contributed by atoms with van der Waals surface area (Å²) in [7, 11) is 12.2. The number of nitrogens with one attached hydrogen (secondary N) is 7. The first-order chi connectivity index (χ1) is 68.4. The molecule has 6 aromatic rings. The SMILES string of the molecule is C.C.CCN(CCNC(C)=O)C(=O)c1ccc(C2=CC3(CCN(C(=O)OC(C)C)CC3)Oc3ccccc32)cc1.CCNCCN.CCNCCNC(=O)C(F)(F)F.CCOC(=O)C(F)(F)F.CCOCC.CN(C)CCCN.CN(C)CCCNC(=O)c1ccc(C2=CC3(CCN(C(=O)OC(C)(C)C)CC3)Oc3ccccc32)cc1.CN(C)CCCNC(=O)c1ccc(C2=CC3(CCNCC3)Oc3ccccc32)cc1. The lowest BCUT2D eigenvalue weighted by atomic mass is 9.83. The summed E-state index contributed by atoms with van der Waals surface area (Å²) < 4.78 is 107. The number of likely N-dealkylation sites (N-methyl/N-ethyl adjacent to an activating group) is 3. The molecule has 6 aliphatic heterocycles. The molecule has 30 nitrogen and oxygen atoms in total. The van der Waals surface area contributed by atoms with E-state index in [4.69, 9.17) is 39.9 Å². The van der Waals surface area contributed by atoms with E-state index >= 15 is 0 Å². The summed E-state index contributed by atoms with van der Waals surface area (Å²) in [4.78, 5) is 106. The van der Waals surface area contributed by atoms with E-state index in [-0.39, 0.29) is 75.5 Å². The zero-order valence-electron chi connectivity index (χ0n) is 87.7. The molecule has 0 unspecified atom stereocenters. The Kier molecular flexibility index (Phi) is 58.1. The van der Waals surface area contributed by atoms with Gasteiger partial charge in [0.05, 0.1) is 12.7 Å². The summed E-state index contributed by atoms with van der Waals surface area (Å²) >= 11 is 0. The Bertz CT molecular complexity index is 4970. The number of benzene rings is 6. The number of carbonyl (C=O) groups is 8. The number of halogens is 6. The largest absolute Gasteiger partial charge is 0.490 e. The summed E-state index contributed by atoms with van der Waals surface area (Å²) in [6, 6.07) is 47.7. The van der Waals surface area contributed by atoms with Crippen molar-refractivity contribution in [3.8, 4) is 17.2 Å². The maximum atomic E-state index is 13.1. The predicted molar refractivity (Wildman–Crippen MR) is 569 cm³/mol. The smallest absolute Gasteiger partial charge is 0.482 e. The van der Waals surface area contributed by atoms with Crippen LogP contribution in [0.15, 0.2) is 164 Å². The van der Waals surface area contributed by atoms with Crippen LogP contribution in [0.3, 0.4) is 0 Å². The van der Waals surface area contributed by atoms with Crippen LogP contribution >= 0.6 is 0 Å². The molecule has 3 saturated heterocycles. The standard InChI is InChI=1S/C30H37N3O5.C30H39N3O4.C25H31N3O2.C6H11F3N2O.C5H14N2.C4H5F3O2.C4H12N2.C4H10O.2CH4/c1-5-32(19-16-31-22(4)34)28(35)24-12-10-23(11-13-24)26-20-30(38-27-9-7-6-8-25(26)27)14-17-33(18-15-30)29(36)37-21(2)3;1-29(2,3)37-28(35)33-19-15-30(16-20-33)21-25(24-9-6-7-10-26(24)36-30)22-11-13-23(14-12-22)27(34)31-17-8-18-32(4)5;1-28(2)17-5-14-27-24(29)20-10-8-19(9-11-20)22-18-25(12-15-26-16-13-25)30-23-7-4-3-6-21(22)23;1-2-10-3-4-11-5(12)6(7,8)9;1-7(2)5-3-4-6;1-2-9-3(8)4(5,6)7;1-2-6-4-3-5;1-3-5-4-2;;/h6-13,20-21H,5,14-19H2,1-4H3,(H,31,34);6-7,9-14,21H,8,15-20H2,1-5H3,(H,31,34);3-4,6-11,18,26H,5,12-17H2,1-2H3,(H,27,29);10H,2-4H2,1H3,(H,11,12);3-6H2,1-2H3;2H2,1H3;6H,2-5H2,1H3;3-4H2,1-2H3;2*1H4. The van der Waals surface area contributed by atoms with Gasteiger partial charge in [-0.1, -0.05) is 120 Å². The molecule has 36 heteroatoms. The Morgan fingerprint density at radius 1 is 0.452 bits per heavy atom. The third kappa shape index (κ3) is 45.5. The number of alkyl halides is 6. The van der Waals surface area contributed by atoms with Gasteiger partial charge in [0.1, 0.15) is 39.7 Å². The fourth-order valence-electron chi connectivity index (χ4n) is 15.5. The van der Waals surface area contributed by atoms with E-state index in [1.165, 1.54) is 19.4 Å². The Morgan fingerprint density at radius 2 is 0.836 bits per heavy atom. The molecular formula is C110H167F6N15O15. The first-order valence-electron chi connectivity index (χ1n) is 49.9. The molecule has 6 heterocycles. The highest BCUT2D eigenvalue weighted by Crippen LogP contribution is 2.47. The van der Waals surface area contributed by atoms with Gasteiger partial charge in [0.15, 0.2) is 0 Å². The number of fused-ring (bicyclic) bond motifs is 3. The van der Waals surface area contributed by atoms with Gasteiger partial charge in [-0.05, 0) is 282 Å². The number of esters is 1. The van der Waals surface area contributed by atoms with Crippen molar-refractivity contribution in [2.45, 2.75) is 197 Å². The van der Waals surface area contributed by atoms with E-state index in [1.807, 2.05) is 206 Å². The molecule has 0 saturated carbocycles. The number of ether oxygens (including phenoxy) is 7. The molecule has 0 bridgehead atoms. The van der Waals surface area contributed by atoms with Crippen LogP contribution in [-0.4, -0.2) is 317 Å². The van der Waals surface area contributed by atoms with Crippen molar-refractivity contribution in [3.63, 3.8) is 0 Å². The van der Waals surface area contributed by atoms with Crippen molar-refractivity contribution in [3.05, 3.63) is 214 Å². The average molecular weight is 2050 g/mol. The molecule has 11 N–H and O–H groups in total. The van der Waals surface area contributed by atoms with Gasteiger partial charge in [-0.25, -0.2) is 14.4 Å². The molecular weight excluding hydrogens is 1890 g/mol. The van der Waals surface area contributed by atoms with E-state index in [9.17, 15) is 64.7 Å². The second-order valence-corrected chi connectivity index (χ2v) is 36.9. The monoisotopic (exact) mass is 2050 g/mol. The van der Waals surface area contributed by atoms with E-state index in [2.05, 4.69) is 121 Å². The highest BCUT2D eigenvalue weighted by Gasteiger charge is 2.45. The van der Waals surface area contributed by atoms with Crippen molar-refractivity contribution in [1.82, 2.24) is 66.6 Å². The molecule has 3 spiro atoms. The van der Waals surface area contributed by atoms with E-state index in [1.54, 1.807) is 20.0 Å². The first-order valence-corrected chi connectivity index (χ1v) is 49.9. The Hall–Kier alpha value is -11.5. The third-order valence-corrected chi connectivity index (χ3v) is 22.9. The van der Waals surface area contributed by atoms with Gasteiger partial charge in [-0.3, -0.25) is 24.0 Å². The van der Waals surface area contributed by atoms with Crippen molar-refractivity contribution in [2.75, 3.05) is 200 Å². The molecule has 7 amide bonds. The lowest BCUT2D eigenvalue weighted by molar-refractivity contribution is -0.199. The van der Waals surface area contributed by atoms with Gasteiger partial charge < -0.3 is 111 Å². The topological polar surface area (TPSA) is 357 Å². The molecule has 146 heavy (non-hydrogen) atoms. The molecule has 12 rings (SSSR count). The predicted octanol–water partition coefficient (Wildman–Crippen LogP) is 15.9. The van der Waals surface area contributed by atoms with Crippen molar-refractivity contribution in [2.24, 2.45) is 11.5 Å². The van der Waals surface area contributed by atoms with Crippen molar-refractivity contribution >= 4 is 64.4 Å². The first kappa shape index (κ1) is 129. The normalized spacial score (nSPS) is 14.6. The summed E-state index contributed by atoms with van der Waals surface area (Å²) in [6.45, 7) is 37.8. The lowest BCUT2D eigenvalue weighted by Gasteiger charge is -2.43. The third-order valence-electron chi connectivity index (χ3n) is 22.9. The molecule has 6 aliphatic rings. The molecule has 6 aromatic carbocycles. The highest BCUT2D eigenvalue weighted by atomic mass is 19.4. The number of nitrogens with two attached hydrogens (primary N) is 2. The summed E-state index contributed by atoms with van der Waals surface area (Å²) in [5, 5.41) is 19.8. The van der Waals surface area contributed by atoms with Crippen LogP contribution in [0, 0.1) is 0 Å². The van der Waals surface area contributed by atoms with E-state index < -0.39 is 41.0 Å². The number of rotatable bonds is 32. The van der Waals surface area contributed by atoms with Crippen LogP contribution in [0.25, 0.3) is 16.7 Å². The molecule has 0 atom stereocenters. The van der Waals surface area contributed by atoms with Crippen molar-refractivity contribution in [1.29, 1.82) is 0 Å². The van der Waals surface area contributed by atoms with E-state index in [0.29, 0.717) is 114 Å². The maximum Gasteiger partial charge on any atom is 0.490 e. The van der Waals surface area contributed by atoms with Gasteiger partial charge in [0.25, 0.3) is 17.7 Å². The quantitative estimate of drug-likeness (QED) is 0.00820.